The number of nitriles is 1. The van der Waals surface area contributed by atoms with Crippen LogP contribution in [-0.2, 0) is 10.0 Å². The Morgan fingerprint density at radius 1 is 1.09 bits per heavy atom. The molecule has 1 saturated carbocycles. The summed E-state index contributed by atoms with van der Waals surface area (Å²) in [5.41, 5.74) is 0. The van der Waals surface area contributed by atoms with Crippen LogP contribution in [0.2, 0.25) is 15.1 Å². The van der Waals surface area contributed by atoms with Crippen LogP contribution >= 0.6 is 34.8 Å². The smallest absolute Gasteiger partial charge is 0.207 e. The van der Waals surface area contributed by atoms with Gasteiger partial charge in [0, 0.05) is 19.0 Å². The molecule has 1 fully saturated rings. The first-order valence-electron chi connectivity index (χ1n) is 7.41. The summed E-state index contributed by atoms with van der Waals surface area (Å²) in [7, 11) is -3.84. The van der Waals surface area contributed by atoms with Gasteiger partial charge in [-0.25, -0.2) is 8.42 Å². The predicted molar refractivity (Wildman–Crippen MR) is 92.5 cm³/mol. The Balaban J connectivity index is 2.43. The van der Waals surface area contributed by atoms with E-state index in [1.807, 2.05) is 6.07 Å². The Morgan fingerprint density at radius 3 is 2.30 bits per heavy atom. The van der Waals surface area contributed by atoms with Gasteiger partial charge in [0.15, 0.2) is 0 Å². The van der Waals surface area contributed by atoms with Crippen molar-refractivity contribution < 1.29 is 8.42 Å². The summed E-state index contributed by atoms with van der Waals surface area (Å²) < 4.78 is 27.5. The van der Waals surface area contributed by atoms with Gasteiger partial charge in [-0.15, -0.1) is 0 Å². The zero-order valence-corrected chi connectivity index (χ0v) is 15.5. The van der Waals surface area contributed by atoms with Crippen molar-refractivity contribution in [2.45, 2.75) is 49.5 Å². The minimum Gasteiger partial charge on any atom is -0.207 e. The Kier molecular flexibility index (Phi) is 6.58. The Hall–Kier alpha value is -0.510. The lowest BCUT2D eigenvalue weighted by atomic mass is 9.95. The predicted octanol–water partition coefficient (Wildman–Crippen LogP) is 4.88. The maximum atomic E-state index is 13.1. The summed E-state index contributed by atoms with van der Waals surface area (Å²) in [5.74, 6) is 0. The quantitative estimate of drug-likeness (QED) is 0.667. The van der Waals surface area contributed by atoms with E-state index in [0.29, 0.717) is 0 Å². The van der Waals surface area contributed by atoms with Crippen LogP contribution < -0.4 is 0 Å². The van der Waals surface area contributed by atoms with Crippen molar-refractivity contribution in [3.8, 4) is 6.07 Å². The summed E-state index contributed by atoms with van der Waals surface area (Å²) in [5, 5.41) is 9.23. The van der Waals surface area contributed by atoms with Crippen LogP contribution in [0.4, 0.5) is 0 Å². The zero-order valence-electron chi connectivity index (χ0n) is 12.4. The van der Waals surface area contributed by atoms with E-state index in [-0.39, 0.29) is 39.0 Å². The third-order valence-electron chi connectivity index (χ3n) is 3.99. The molecule has 126 valence electrons. The highest BCUT2D eigenvalue weighted by Gasteiger charge is 2.33. The molecule has 0 atom stereocenters. The molecule has 0 amide bonds. The fourth-order valence-electron chi connectivity index (χ4n) is 2.86. The van der Waals surface area contributed by atoms with Gasteiger partial charge >= 0.3 is 0 Å². The second-order valence-corrected chi connectivity index (χ2v) is 8.59. The number of halogens is 3. The second-order valence-electron chi connectivity index (χ2n) is 5.51. The molecule has 1 aliphatic carbocycles. The van der Waals surface area contributed by atoms with Gasteiger partial charge in [0.05, 0.1) is 21.1 Å². The summed E-state index contributed by atoms with van der Waals surface area (Å²) in [6, 6.07) is 4.52. The van der Waals surface area contributed by atoms with Crippen molar-refractivity contribution >= 4 is 44.8 Å². The molecule has 0 aromatic heterocycles. The number of hydrogen-bond donors (Lipinski definition) is 0. The molecule has 1 aromatic rings. The number of rotatable bonds is 5. The van der Waals surface area contributed by atoms with Crippen LogP contribution in [-0.4, -0.2) is 25.3 Å². The van der Waals surface area contributed by atoms with E-state index >= 15 is 0 Å². The van der Waals surface area contributed by atoms with E-state index in [1.165, 1.54) is 16.4 Å². The Labute approximate surface area is 152 Å². The largest absolute Gasteiger partial charge is 0.244 e. The van der Waals surface area contributed by atoms with Crippen molar-refractivity contribution in [3.05, 3.63) is 27.2 Å². The third-order valence-corrected chi connectivity index (χ3v) is 7.13. The SMILES string of the molecule is N#CCCN(C1CCCCC1)S(=O)(=O)c1cc(Cl)c(Cl)cc1Cl. The van der Waals surface area contributed by atoms with E-state index in [2.05, 4.69) is 0 Å². The number of benzene rings is 1. The molecule has 2 rings (SSSR count). The van der Waals surface area contributed by atoms with Gasteiger partial charge in [-0.05, 0) is 25.0 Å². The van der Waals surface area contributed by atoms with Crippen LogP contribution in [0, 0.1) is 11.3 Å². The fraction of sp³-hybridized carbons (Fsp3) is 0.533. The van der Waals surface area contributed by atoms with Gasteiger partial charge in [0.1, 0.15) is 4.90 Å². The average Bonchev–Trinajstić information content (AvgIpc) is 2.52. The van der Waals surface area contributed by atoms with Gasteiger partial charge < -0.3 is 0 Å². The third kappa shape index (κ3) is 4.32. The van der Waals surface area contributed by atoms with Crippen molar-refractivity contribution in [2.24, 2.45) is 0 Å². The highest BCUT2D eigenvalue weighted by Crippen LogP contribution is 2.35. The Morgan fingerprint density at radius 2 is 1.70 bits per heavy atom. The van der Waals surface area contributed by atoms with Crippen LogP contribution in [0.5, 0.6) is 0 Å². The minimum absolute atomic E-state index is 0.0390. The molecular weight excluding hydrogens is 379 g/mol. The van der Waals surface area contributed by atoms with Gasteiger partial charge in [-0.3, -0.25) is 0 Å². The lowest BCUT2D eigenvalue weighted by Gasteiger charge is -2.33. The maximum absolute atomic E-state index is 13.1. The topological polar surface area (TPSA) is 61.2 Å². The summed E-state index contributed by atoms with van der Waals surface area (Å²) in [6.07, 6.45) is 4.80. The van der Waals surface area contributed by atoms with Crippen molar-refractivity contribution in [1.29, 1.82) is 5.26 Å². The molecule has 0 saturated heterocycles. The summed E-state index contributed by atoms with van der Waals surface area (Å²) in [4.78, 5) is -0.0583. The number of sulfonamides is 1. The van der Waals surface area contributed by atoms with Crippen molar-refractivity contribution in [2.75, 3.05) is 6.54 Å². The molecule has 4 nitrogen and oxygen atoms in total. The van der Waals surface area contributed by atoms with Crippen molar-refractivity contribution in [3.63, 3.8) is 0 Å². The molecule has 0 aliphatic heterocycles. The Bertz CT molecular complexity index is 710. The molecule has 0 heterocycles. The van der Waals surface area contributed by atoms with E-state index in [0.717, 1.165) is 32.1 Å². The molecule has 0 bridgehead atoms. The average molecular weight is 396 g/mol. The number of nitrogens with zero attached hydrogens (tertiary/aromatic N) is 2. The molecule has 8 heteroatoms. The monoisotopic (exact) mass is 394 g/mol. The van der Waals surface area contributed by atoms with Crippen LogP contribution in [0.25, 0.3) is 0 Å². The first-order chi connectivity index (χ1) is 10.9. The highest BCUT2D eigenvalue weighted by molar-refractivity contribution is 7.89. The molecule has 1 aromatic carbocycles. The molecule has 1 aliphatic rings. The first kappa shape index (κ1) is 18.8. The molecule has 0 spiro atoms. The van der Waals surface area contributed by atoms with Gasteiger partial charge in [0.25, 0.3) is 0 Å². The van der Waals surface area contributed by atoms with E-state index < -0.39 is 10.0 Å². The normalized spacial score (nSPS) is 16.5. The van der Waals surface area contributed by atoms with Crippen molar-refractivity contribution in [1.82, 2.24) is 4.31 Å². The molecule has 0 N–H and O–H groups in total. The van der Waals surface area contributed by atoms with Gasteiger partial charge in [-0.2, -0.15) is 9.57 Å². The molecule has 0 radical (unpaired) electrons. The first-order valence-corrected chi connectivity index (χ1v) is 9.98. The lowest BCUT2D eigenvalue weighted by molar-refractivity contribution is 0.256. The molecular formula is C15H17Cl3N2O2S. The lowest BCUT2D eigenvalue weighted by Crippen LogP contribution is -2.42. The summed E-state index contributed by atoms with van der Waals surface area (Å²) >= 11 is 17.9. The second kappa shape index (κ2) is 8.04. The highest BCUT2D eigenvalue weighted by atomic mass is 35.5. The number of hydrogen-bond acceptors (Lipinski definition) is 3. The van der Waals surface area contributed by atoms with Crippen LogP contribution in [0.1, 0.15) is 38.5 Å². The maximum Gasteiger partial charge on any atom is 0.244 e. The van der Waals surface area contributed by atoms with Crippen LogP contribution in [0.3, 0.4) is 0 Å². The van der Waals surface area contributed by atoms with Crippen LogP contribution in [0.15, 0.2) is 17.0 Å². The fourth-order valence-corrected chi connectivity index (χ4v) is 5.52. The van der Waals surface area contributed by atoms with E-state index in [4.69, 9.17) is 40.1 Å². The van der Waals surface area contributed by atoms with Gasteiger partial charge in [-0.1, -0.05) is 54.1 Å². The molecule has 23 heavy (non-hydrogen) atoms. The zero-order chi connectivity index (χ0) is 17.0. The molecule has 0 unspecified atom stereocenters. The minimum atomic E-state index is -3.84. The van der Waals surface area contributed by atoms with Gasteiger partial charge in [0.2, 0.25) is 10.0 Å². The van der Waals surface area contributed by atoms with E-state index in [9.17, 15) is 8.42 Å². The van der Waals surface area contributed by atoms with E-state index in [1.54, 1.807) is 0 Å². The standard InChI is InChI=1S/C15H17Cl3N2O2S/c16-12-9-14(18)15(10-13(12)17)23(21,22)20(8-4-7-19)11-5-2-1-3-6-11/h9-11H,1-6,8H2. The summed E-state index contributed by atoms with van der Waals surface area (Å²) in [6.45, 7) is 0.153.